The van der Waals surface area contributed by atoms with Crippen LogP contribution >= 0.6 is 11.8 Å². The number of carbonyl (C=O) groups is 1. The summed E-state index contributed by atoms with van der Waals surface area (Å²) < 4.78 is 35.5. The first-order chi connectivity index (χ1) is 7.40. The van der Waals surface area contributed by atoms with Gasteiger partial charge in [0, 0.05) is 18.8 Å². The van der Waals surface area contributed by atoms with Crippen molar-refractivity contribution in [2.75, 3.05) is 31.6 Å². The molecule has 0 aliphatic carbocycles. The van der Waals surface area contributed by atoms with Gasteiger partial charge in [-0.2, -0.15) is 24.9 Å². The monoisotopic (exact) mass is 256 g/mol. The van der Waals surface area contributed by atoms with Gasteiger partial charge in [-0.15, -0.1) is 0 Å². The third kappa shape index (κ3) is 4.61. The minimum Gasteiger partial charge on any atom is -0.341 e. The van der Waals surface area contributed by atoms with E-state index in [2.05, 4.69) is 5.32 Å². The zero-order valence-electron chi connectivity index (χ0n) is 9.01. The molecule has 16 heavy (non-hydrogen) atoms. The second-order valence-electron chi connectivity index (χ2n) is 3.74. The molecule has 1 saturated heterocycles. The molecular formula is C9H15F3N2OS. The van der Waals surface area contributed by atoms with Gasteiger partial charge < -0.3 is 10.2 Å². The fraction of sp³-hybridized carbons (Fsp3) is 0.889. The van der Waals surface area contributed by atoms with Crippen molar-refractivity contribution >= 4 is 17.7 Å². The quantitative estimate of drug-likeness (QED) is 0.817. The predicted octanol–water partition coefficient (Wildman–Crippen LogP) is 1.10. The van der Waals surface area contributed by atoms with E-state index in [0.29, 0.717) is 0 Å². The molecule has 94 valence electrons. The van der Waals surface area contributed by atoms with E-state index in [9.17, 15) is 18.0 Å². The molecule has 0 aromatic heterocycles. The van der Waals surface area contributed by atoms with Crippen LogP contribution in [0.15, 0.2) is 0 Å². The van der Waals surface area contributed by atoms with Crippen LogP contribution in [0.5, 0.6) is 0 Å². The zero-order valence-corrected chi connectivity index (χ0v) is 9.83. The Kier molecular flexibility index (Phi) is 4.91. The second-order valence-corrected chi connectivity index (χ2v) is 4.89. The molecule has 1 rings (SSSR count). The van der Waals surface area contributed by atoms with E-state index in [0.717, 1.165) is 17.9 Å². The minimum absolute atomic E-state index is 0.171. The number of hydrogen-bond acceptors (Lipinski definition) is 3. The number of alkyl halides is 3. The van der Waals surface area contributed by atoms with E-state index >= 15 is 0 Å². The number of thioether (sulfide) groups is 1. The average Bonchev–Trinajstić information content (AvgIpc) is 2.67. The molecule has 0 aromatic rings. The third-order valence-corrected chi connectivity index (χ3v) is 3.59. The molecule has 0 bridgehead atoms. The Labute approximate surface area is 96.7 Å². The number of hydrogen-bond donors (Lipinski definition) is 1. The van der Waals surface area contributed by atoms with Crippen molar-refractivity contribution in [3.05, 3.63) is 0 Å². The van der Waals surface area contributed by atoms with Crippen LogP contribution in [-0.2, 0) is 4.79 Å². The number of nitrogens with zero attached hydrogens (tertiary/aromatic N) is 1. The SMILES string of the molecule is CN(C(=O)CNCC(F)(F)F)C1CCSC1. The molecule has 0 aromatic carbocycles. The Morgan fingerprint density at radius 3 is 2.75 bits per heavy atom. The minimum atomic E-state index is -4.26. The fourth-order valence-electron chi connectivity index (χ4n) is 1.47. The number of amides is 1. The van der Waals surface area contributed by atoms with E-state index in [1.807, 2.05) is 0 Å². The van der Waals surface area contributed by atoms with Gasteiger partial charge in [-0.3, -0.25) is 4.79 Å². The first-order valence-corrected chi connectivity index (χ1v) is 6.16. The van der Waals surface area contributed by atoms with Crippen LogP contribution < -0.4 is 5.32 Å². The van der Waals surface area contributed by atoms with Gasteiger partial charge in [0.15, 0.2) is 0 Å². The molecule has 0 saturated carbocycles. The summed E-state index contributed by atoms with van der Waals surface area (Å²) in [5.74, 6) is 1.61. The molecule has 3 nitrogen and oxygen atoms in total. The summed E-state index contributed by atoms with van der Waals surface area (Å²) in [6.45, 7) is -1.37. The van der Waals surface area contributed by atoms with E-state index < -0.39 is 12.7 Å². The Balaban J connectivity index is 2.23. The highest BCUT2D eigenvalue weighted by Gasteiger charge is 2.28. The number of likely N-dealkylation sites (N-methyl/N-ethyl adjacent to an activating group) is 1. The van der Waals surface area contributed by atoms with Gasteiger partial charge in [0.05, 0.1) is 13.1 Å². The normalized spacial score (nSPS) is 21.1. The van der Waals surface area contributed by atoms with Crippen LogP contribution in [0.3, 0.4) is 0 Å². The van der Waals surface area contributed by atoms with Crippen molar-refractivity contribution in [1.29, 1.82) is 0 Å². The molecule has 1 aliphatic heterocycles. The standard InChI is InChI=1S/C9H15F3N2OS/c1-14(7-2-3-16-5-7)8(15)4-13-6-9(10,11)12/h7,13H,2-6H2,1H3. The highest BCUT2D eigenvalue weighted by molar-refractivity contribution is 7.99. The lowest BCUT2D eigenvalue weighted by atomic mass is 10.2. The Morgan fingerprint density at radius 2 is 2.25 bits per heavy atom. The van der Waals surface area contributed by atoms with Gasteiger partial charge in [-0.25, -0.2) is 0 Å². The van der Waals surface area contributed by atoms with E-state index in [4.69, 9.17) is 0 Å². The lowest BCUT2D eigenvalue weighted by Gasteiger charge is -2.24. The summed E-state index contributed by atoms with van der Waals surface area (Å²) in [6.07, 6.45) is -3.34. The molecule has 1 atom stereocenters. The predicted molar refractivity (Wildman–Crippen MR) is 57.4 cm³/mol. The lowest BCUT2D eigenvalue weighted by Crippen LogP contribution is -2.43. The van der Waals surface area contributed by atoms with Gasteiger partial charge in [0.2, 0.25) is 5.91 Å². The highest BCUT2D eigenvalue weighted by atomic mass is 32.2. The van der Waals surface area contributed by atoms with E-state index in [1.165, 1.54) is 0 Å². The second kappa shape index (κ2) is 5.77. The van der Waals surface area contributed by atoms with Crippen molar-refractivity contribution < 1.29 is 18.0 Å². The summed E-state index contributed by atoms with van der Waals surface area (Å²) in [5, 5.41) is 2.11. The van der Waals surface area contributed by atoms with Gasteiger partial charge in [0.1, 0.15) is 0 Å². The maximum absolute atomic E-state index is 11.8. The molecule has 1 N–H and O–H groups in total. The summed E-state index contributed by atoms with van der Waals surface area (Å²) in [4.78, 5) is 13.0. The van der Waals surface area contributed by atoms with Gasteiger partial charge in [-0.1, -0.05) is 0 Å². The van der Waals surface area contributed by atoms with Crippen LogP contribution in [0.1, 0.15) is 6.42 Å². The molecule has 1 amide bonds. The van der Waals surface area contributed by atoms with Crippen LogP contribution in [0.25, 0.3) is 0 Å². The Bertz CT molecular complexity index is 241. The molecular weight excluding hydrogens is 241 g/mol. The number of rotatable bonds is 4. The maximum Gasteiger partial charge on any atom is 0.401 e. The molecule has 0 spiro atoms. The average molecular weight is 256 g/mol. The highest BCUT2D eigenvalue weighted by Crippen LogP contribution is 2.21. The van der Waals surface area contributed by atoms with Crippen molar-refractivity contribution in [2.45, 2.75) is 18.6 Å². The van der Waals surface area contributed by atoms with Crippen LogP contribution in [0.4, 0.5) is 13.2 Å². The number of carbonyl (C=O) groups excluding carboxylic acids is 1. The summed E-state index contributed by atoms with van der Waals surface area (Å²) in [6, 6.07) is 0.171. The third-order valence-electron chi connectivity index (χ3n) is 2.45. The molecule has 1 unspecified atom stereocenters. The molecule has 1 aliphatic rings. The van der Waals surface area contributed by atoms with E-state index in [-0.39, 0.29) is 18.5 Å². The van der Waals surface area contributed by atoms with Gasteiger partial charge in [0.25, 0.3) is 0 Å². The summed E-state index contributed by atoms with van der Waals surface area (Å²) in [5.41, 5.74) is 0. The maximum atomic E-state index is 11.8. The smallest absolute Gasteiger partial charge is 0.341 e. The van der Waals surface area contributed by atoms with Crippen LogP contribution in [0.2, 0.25) is 0 Å². The Morgan fingerprint density at radius 1 is 1.56 bits per heavy atom. The van der Waals surface area contributed by atoms with Crippen molar-refractivity contribution in [2.24, 2.45) is 0 Å². The first kappa shape index (κ1) is 13.6. The van der Waals surface area contributed by atoms with Gasteiger partial charge in [-0.05, 0) is 12.2 Å². The molecule has 1 fully saturated rings. The summed E-state index contributed by atoms with van der Waals surface area (Å²) >= 11 is 1.76. The lowest BCUT2D eigenvalue weighted by molar-refractivity contribution is -0.134. The van der Waals surface area contributed by atoms with Crippen molar-refractivity contribution in [1.82, 2.24) is 10.2 Å². The molecule has 1 heterocycles. The summed E-state index contributed by atoms with van der Waals surface area (Å²) in [7, 11) is 1.65. The Hall–Kier alpha value is -0.430. The van der Waals surface area contributed by atoms with Crippen LogP contribution in [-0.4, -0.2) is 54.7 Å². The fourth-order valence-corrected chi connectivity index (χ4v) is 2.73. The zero-order chi connectivity index (χ0) is 12.2. The topological polar surface area (TPSA) is 32.3 Å². The van der Waals surface area contributed by atoms with E-state index in [1.54, 1.807) is 23.7 Å². The number of halogens is 3. The molecule has 0 radical (unpaired) electrons. The number of nitrogens with one attached hydrogen (secondary N) is 1. The first-order valence-electron chi connectivity index (χ1n) is 5.01. The largest absolute Gasteiger partial charge is 0.401 e. The van der Waals surface area contributed by atoms with Crippen molar-refractivity contribution in [3.63, 3.8) is 0 Å². The van der Waals surface area contributed by atoms with Crippen molar-refractivity contribution in [3.8, 4) is 0 Å². The van der Waals surface area contributed by atoms with Gasteiger partial charge >= 0.3 is 6.18 Å². The molecule has 7 heteroatoms. The van der Waals surface area contributed by atoms with Crippen LogP contribution in [0, 0.1) is 0 Å².